The Morgan fingerprint density at radius 3 is 1.77 bits per heavy atom. The van der Waals surface area contributed by atoms with Crippen molar-refractivity contribution in [1.82, 2.24) is 5.32 Å². The summed E-state index contributed by atoms with van der Waals surface area (Å²) in [4.78, 5) is 11.9. The first-order chi connectivity index (χ1) is 10.5. The lowest BCUT2D eigenvalue weighted by Crippen LogP contribution is -2.65. The fourth-order valence-electron chi connectivity index (χ4n) is 3.19. The second-order valence-electron chi connectivity index (χ2n) is 6.53. The van der Waals surface area contributed by atoms with Gasteiger partial charge in [-0.15, -0.1) is 0 Å². The molecule has 2 aromatic rings. The van der Waals surface area contributed by atoms with E-state index >= 15 is 0 Å². The molecule has 2 N–H and O–H groups in total. The van der Waals surface area contributed by atoms with Crippen LogP contribution in [0.3, 0.4) is 0 Å². The van der Waals surface area contributed by atoms with E-state index in [2.05, 4.69) is 43.4 Å². The average molecular weight is 314 g/mol. The van der Waals surface area contributed by atoms with Crippen LogP contribution in [-0.4, -0.2) is 26.7 Å². The van der Waals surface area contributed by atoms with E-state index in [9.17, 15) is 4.80 Å². The van der Waals surface area contributed by atoms with Crippen molar-refractivity contribution < 1.29 is 4.80 Å². The van der Waals surface area contributed by atoms with E-state index in [4.69, 9.17) is 0 Å². The molecule has 0 spiro atoms. The quantitative estimate of drug-likeness (QED) is 0.608. The molecule has 2 rings (SSSR count). The Kier molecular flexibility index (Phi) is 5.56. The molecule has 0 fully saturated rings. The lowest BCUT2D eigenvalue weighted by molar-refractivity contribution is 0.454. The van der Waals surface area contributed by atoms with Crippen LogP contribution in [0, 0.1) is 0 Å². The summed E-state index contributed by atoms with van der Waals surface area (Å²) in [6.07, 6.45) is 2.07. The highest BCUT2D eigenvalue weighted by Gasteiger charge is 2.49. The van der Waals surface area contributed by atoms with Gasteiger partial charge in [0, 0.05) is 0 Å². The van der Waals surface area contributed by atoms with Gasteiger partial charge in [-0.1, -0.05) is 74.5 Å². The van der Waals surface area contributed by atoms with Gasteiger partial charge >= 0.3 is 0 Å². The third-order valence-corrected chi connectivity index (χ3v) is 9.14. The Morgan fingerprint density at radius 1 is 0.909 bits per heavy atom. The smallest absolute Gasteiger partial charge is 0.258 e. The summed E-state index contributed by atoms with van der Waals surface area (Å²) < 4.78 is 0. The zero-order valence-electron chi connectivity index (χ0n) is 13.8. The van der Waals surface area contributed by atoms with Crippen LogP contribution < -0.4 is 15.7 Å². The Morgan fingerprint density at radius 2 is 1.36 bits per heavy atom. The molecular weight excluding hydrogens is 286 g/mol. The topological polar surface area (TPSA) is 32.3 Å². The number of nitrogens with one attached hydrogen (secondary N) is 1. The maximum absolute atomic E-state index is 11.9. The minimum absolute atomic E-state index is 0.132. The van der Waals surface area contributed by atoms with Crippen LogP contribution >= 0.6 is 0 Å². The zero-order chi connectivity index (χ0) is 16.1. The first-order valence-corrected chi connectivity index (χ1v) is 9.95. The first kappa shape index (κ1) is 16.9. The molecule has 2 aromatic carbocycles. The van der Waals surface area contributed by atoms with Crippen LogP contribution in [0.25, 0.3) is 0 Å². The lowest BCUT2D eigenvalue weighted by Gasteiger charge is -2.41. The molecule has 0 aliphatic carbocycles. The Bertz CT molecular complexity index is 529. The standard InChI is InChI=1S/C19H27NOSi/c1-19(2,15-10-16-20-3)22(21,17-11-6-4-7-12-17)18-13-8-5-9-14-18/h4-9,11-14,20-21H,10,15-16H2,1-3H3. The largest absolute Gasteiger partial charge is 0.424 e. The zero-order valence-corrected chi connectivity index (χ0v) is 14.8. The van der Waals surface area contributed by atoms with Gasteiger partial charge in [-0.25, -0.2) is 0 Å². The lowest BCUT2D eigenvalue weighted by atomic mass is 10.1. The monoisotopic (exact) mass is 313 g/mol. The number of hydrogen-bond acceptors (Lipinski definition) is 2. The summed E-state index contributed by atoms with van der Waals surface area (Å²) in [7, 11) is -0.830. The molecule has 0 atom stereocenters. The molecule has 22 heavy (non-hydrogen) atoms. The Labute approximate surface area is 135 Å². The summed E-state index contributed by atoms with van der Waals surface area (Å²) in [6.45, 7) is 5.42. The van der Waals surface area contributed by atoms with Crippen LogP contribution in [0.5, 0.6) is 0 Å². The van der Waals surface area contributed by atoms with E-state index in [1.54, 1.807) is 0 Å². The second kappa shape index (κ2) is 7.23. The molecule has 0 heterocycles. The SMILES string of the molecule is CNCCCC(C)(C)[Si](O)(c1ccccc1)c1ccccc1. The van der Waals surface area contributed by atoms with Gasteiger partial charge in [-0.3, -0.25) is 0 Å². The molecule has 0 saturated carbocycles. The van der Waals surface area contributed by atoms with Gasteiger partial charge in [0.25, 0.3) is 8.32 Å². The minimum Gasteiger partial charge on any atom is -0.424 e. The maximum atomic E-state index is 11.9. The van der Waals surface area contributed by atoms with Gasteiger partial charge in [0.15, 0.2) is 0 Å². The van der Waals surface area contributed by atoms with Crippen LogP contribution in [0.15, 0.2) is 60.7 Å². The summed E-state index contributed by atoms with van der Waals surface area (Å²) in [6, 6.07) is 20.5. The minimum atomic E-state index is -2.81. The van der Waals surface area contributed by atoms with Crippen molar-refractivity contribution in [1.29, 1.82) is 0 Å². The molecule has 0 aliphatic rings. The van der Waals surface area contributed by atoms with Gasteiger partial charge in [-0.05, 0) is 41.8 Å². The molecule has 0 aliphatic heterocycles. The molecule has 0 bridgehead atoms. The van der Waals surface area contributed by atoms with Crippen molar-refractivity contribution in [3.05, 3.63) is 60.7 Å². The van der Waals surface area contributed by atoms with Crippen LogP contribution in [-0.2, 0) is 0 Å². The summed E-state index contributed by atoms with van der Waals surface area (Å²) in [5.74, 6) is 0. The van der Waals surface area contributed by atoms with Gasteiger partial charge < -0.3 is 10.1 Å². The molecule has 0 unspecified atom stereocenters. The maximum Gasteiger partial charge on any atom is 0.258 e. The molecule has 0 amide bonds. The first-order valence-electron chi connectivity index (χ1n) is 8.00. The van der Waals surface area contributed by atoms with E-state index in [1.165, 1.54) is 0 Å². The van der Waals surface area contributed by atoms with Crippen molar-refractivity contribution in [3.8, 4) is 0 Å². The molecule has 0 aromatic heterocycles. The summed E-state index contributed by atoms with van der Waals surface area (Å²) in [5, 5.41) is 5.26. The highest BCUT2D eigenvalue weighted by atomic mass is 28.4. The van der Waals surface area contributed by atoms with Crippen molar-refractivity contribution in [2.75, 3.05) is 13.6 Å². The summed E-state index contributed by atoms with van der Waals surface area (Å²) in [5.41, 5.74) is 0. The highest BCUT2D eigenvalue weighted by molar-refractivity contribution is 6.98. The number of rotatable bonds is 7. The highest BCUT2D eigenvalue weighted by Crippen LogP contribution is 2.39. The second-order valence-corrected chi connectivity index (χ2v) is 10.5. The molecule has 118 valence electrons. The van der Waals surface area contributed by atoms with Crippen LogP contribution in [0.1, 0.15) is 26.7 Å². The average Bonchev–Trinajstić information content (AvgIpc) is 2.55. The molecular formula is C19H27NOSi. The third kappa shape index (κ3) is 3.32. The number of hydrogen-bond donors (Lipinski definition) is 2. The van der Waals surface area contributed by atoms with E-state index < -0.39 is 8.32 Å². The predicted molar refractivity (Wildman–Crippen MR) is 97.3 cm³/mol. The van der Waals surface area contributed by atoms with Crippen LogP contribution in [0.2, 0.25) is 5.04 Å². The molecule has 3 heteroatoms. The predicted octanol–water partition coefficient (Wildman–Crippen LogP) is 2.52. The summed E-state index contributed by atoms with van der Waals surface area (Å²) >= 11 is 0. The van der Waals surface area contributed by atoms with E-state index in [1.807, 2.05) is 43.4 Å². The van der Waals surface area contributed by atoms with Crippen LogP contribution in [0.4, 0.5) is 0 Å². The van der Waals surface area contributed by atoms with E-state index in [0.717, 1.165) is 29.8 Å². The van der Waals surface area contributed by atoms with Crippen molar-refractivity contribution in [3.63, 3.8) is 0 Å². The van der Waals surface area contributed by atoms with E-state index in [0.29, 0.717) is 0 Å². The molecule has 0 saturated heterocycles. The van der Waals surface area contributed by atoms with Crippen molar-refractivity contribution >= 4 is 18.7 Å². The number of benzene rings is 2. The Balaban J connectivity index is 2.46. The molecule has 0 radical (unpaired) electrons. The molecule has 2 nitrogen and oxygen atoms in total. The third-order valence-electron chi connectivity index (χ3n) is 4.59. The van der Waals surface area contributed by atoms with Gasteiger partial charge in [-0.2, -0.15) is 0 Å². The van der Waals surface area contributed by atoms with Gasteiger partial charge in [0.05, 0.1) is 0 Å². The fraction of sp³-hybridized carbons (Fsp3) is 0.368. The normalized spacial score (nSPS) is 12.4. The van der Waals surface area contributed by atoms with Crippen molar-refractivity contribution in [2.24, 2.45) is 0 Å². The van der Waals surface area contributed by atoms with Crippen molar-refractivity contribution in [2.45, 2.75) is 31.7 Å². The fourth-order valence-corrected chi connectivity index (χ4v) is 6.98. The van der Waals surface area contributed by atoms with E-state index in [-0.39, 0.29) is 5.04 Å². The van der Waals surface area contributed by atoms with Gasteiger partial charge in [0.1, 0.15) is 0 Å². The Hall–Kier alpha value is -1.42. The van der Waals surface area contributed by atoms with Gasteiger partial charge in [0.2, 0.25) is 0 Å².